The van der Waals surface area contributed by atoms with Gasteiger partial charge in [-0.15, -0.1) is 0 Å². The van der Waals surface area contributed by atoms with Crippen molar-refractivity contribution in [2.75, 3.05) is 11.1 Å². The van der Waals surface area contributed by atoms with Crippen LogP contribution < -0.4 is 15.6 Å². The average molecular weight is 386 g/mol. The number of hydrogen-bond acceptors (Lipinski definition) is 5. The highest BCUT2D eigenvalue weighted by molar-refractivity contribution is 7.99. The third-order valence-electron chi connectivity index (χ3n) is 3.61. The summed E-state index contributed by atoms with van der Waals surface area (Å²) in [5, 5.41) is 14.4. The Bertz CT molecular complexity index is 996. The molecule has 0 bridgehead atoms. The number of nitrogens with one attached hydrogen (secondary N) is 2. The Kier molecular flexibility index (Phi) is 5.72. The standard InChI is InChI=1S/C18H15N3O5S/c22-15(19-13-8-6-12(7-9-13)17(23)24)10-11-27-16-18(25)26-20-21(16)14-4-2-1-3-5-14/h1-9H,10-11H2,(H2-,19,20,22,23,24,25)/p+1. The normalized spacial score (nSPS) is 10.5. The fourth-order valence-electron chi connectivity index (χ4n) is 2.29. The van der Waals surface area contributed by atoms with Crippen molar-refractivity contribution in [1.82, 2.24) is 5.27 Å². The zero-order valence-electron chi connectivity index (χ0n) is 14.0. The molecule has 0 radical (unpaired) electrons. The van der Waals surface area contributed by atoms with Crippen LogP contribution in [0.4, 0.5) is 5.69 Å². The van der Waals surface area contributed by atoms with Crippen molar-refractivity contribution in [3.63, 3.8) is 0 Å². The maximum atomic E-state index is 12.0. The number of para-hydroxylation sites is 1. The van der Waals surface area contributed by atoms with E-state index >= 15 is 0 Å². The molecule has 2 aromatic carbocycles. The molecule has 0 fully saturated rings. The second-order valence-electron chi connectivity index (χ2n) is 5.49. The van der Waals surface area contributed by atoms with Crippen LogP contribution in [0.2, 0.25) is 0 Å². The number of carbonyl (C=O) groups is 2. The molecule has 9 heteroatoms. The number of carboxylic acids is 1. The Morgan fingerprint density at radius 1 is 1.11 bits per heavy atom. The van der Waals surface area contributed by atoms with Gasteiger partial charge in [-0.05, 0) is 46.0 Å². The van der Waals surface area contributed by atoms with Gasteiger partial charge >= 0.3 is 16.6 Å². The Balaban J connectivity index is 1.57. The molecule has 3 aromatic rings. The van der Waals surface area contributed by atoms with Crippen molar-refractivity contribution in [1.29, 1.82) is 0 Å². The summed E-state index contributed by atoms with van der Waals surface area (Å²) in [6.45, 7) is 0. The van der Waals surface area contributed by atoms with Gasteiger partial charge in [-0.25, -0.2) is 9.59 Å². The van der Waals surface area contributed by atoms with Gasteiger partial charge in [0.15, 0.2) is 0 Å². The van der Waals surface area contributed by atoms with Crippen LogP contribution in [-0.2, 0) is 4.79 Å². The van der Waals surface area contributed by atoms with Gasteiger partial charge in [0.2, 0.25) is 11.6 Å². The highest BCUT2D eigenvalue weighted by atomic mass is 32.2. The van der Waals surface area contributed by atoms with Crippen LogP contribution in [0.15, 0.2) is 68.9 Å². The van der Waals surface area contributed by atoms with Crippen LogP contribution in [0, 0.1) is 0 Å². The van der Waals surface area contributed by atoms with E-state index in [1.165, 1.54) is 40.7 Å². The summed E-state index contributed by atoms with van der Waals surface area (Å²) in [6, 6.07) is 15.1. The predicted octanol–water partition coefficient (Wildman–Crippen LogP) is 2.06. The van der Waals surface area contributed by atoms with Crippen LogP contribution in [0.3, 0.4) is 0 Å². The molecule has 0 aliphatic heterocycles. The summed E-state index contributed by atoms with van der Waals surface area (Å²) in [5.74, 6) is -0.896. The Morgan fingerprint density at radius 2 is 1.81 bits per heavy atom. The number of amides is 1. The maximum Gasteiger partial charge on any atom is 0.442 e. The van der Waals surface area contributed by atoms with E-state index in [1.54, 1.807) is 0 Å². The zero-order chi connectivity index (χ0) is 19.2. The van der Waals surface area contributed by atoms with Gasteiger partial charge in [-0.2, -0.15) is 0 Å². The van der Waals surface area contributed by atoms with E-state index in [0.29, 0.717) is 16.5 Å². The first-order chi connectivity index (χ1) is 13.0. The highest BCUT2D eigenvalue weighted by Gasteiger charge is 2.23. The monoisotopic (exact) mass is 386 g/mol. The molecule has 0 unspecified atom stereocenters. The number of nitrogens with zero attached hydrogens (tertiary/aromatic N) is 1. The smallest absolute Gasteiger partial charge is 0.442 e. The van der Waals surface area contributed by atoms with Crippen molar-refractivity contribution in [3.05, 3.63) is 70.6 Å². The highest BCUT2D eigenvalue weighted by Crippen LogP contribution is 2.14. The lowest BCUT2D eigenvalue weighted by Gasteiger charge is -2.04. The van der Waals surface area contributed by atoms with Crippen LogP contribution in [0.1, 0.15) is 16.8 Å². The molecule has 8 nitrogen and oxygen atoms in total. The number of aromatic carboxylic acids is 1. The molecular formula is C18H16N3O5S+. The van der Waals surface area contributed by atoms with Crippen molar-refractivity contribution in [2.45, 2.75) is 11.4 Å². The number of hydrogen-bond donors (Lipinski definition) is 3. The lowest BCUT2D eigenvalue weighted by atomic mass is 10.2. The maximum absolute atomic E-state index is 12.0. The van der Waals surface area contributed by atoms with Crippen molar-refractivity contribution in [3.8, 4) is 5.69 Å². The van der Waals surface area contributed by atoms with E-state index < -0.39 is 11.6 Å². The molecule has 1 heterocycles. The van der Waals surface area contributed by atoms with E-state index in [9.17, 15) is 14.4 Å². The van der Waals surface area contributed by atoms with E-state index in [0.717, 1.165) is 5.69 Å². The number of thioether (sulfide) groups is 1. The SMILES string of the molecule is O=C(CCSc1c(=O)o[nH][n+]1-c1ccccc1)Nc1ccc(C(=O)O)cc1. The van der Waals surface area contributed by atoms with E-state index in [4.69, 9.17) is 9.63 Å². The molecule has 3 rings (SSSR count). The van der Waals surface area contributed by atoms with Crippen LogP contribution in [-0.4, -0.2) is 28.0 Å². The van der Waals surface area contributed by atoms with Crippen molar-refractivity contribution in [2.24, 2.45) is 0 Å². The Hall–Kier alpha value is -3.33. The van der Waals surface area contributed by atoms with Crippen molar-refractivity contribution >= 4 is 29.3 Å². The molecule has 3 N–H and O–H groups in total. The molecule has 0 saturated heterocycles. The number of aromatic nitrogens is 2. The number of benzene rings is 2. The van der Waals surface area contributed by atoms with Gasteiger partial charge in [0.1, 0.15) is 0 Å². The van der Waals surface area contributed by atoms with Gasteiger partial charge < -0.3 is 10.4 Å². The van der Waals surface area contributed by atoms with Crippen LogP contribution in [0.25, 0.3) is 5.69 Å². The van der Waals surface area contributed by atoms with Gasteiger partial charge in [-0.1, -0.05) is 18.2 Å². The van der Waals surface area contributed by atoms with E-state index in [-0.39, 0.29) is 17.9 Å². The largest absolute Gasteiger partial charge is 0.478 e. The Morgan fingerprint density at radius 3 is 2.48 bits per heavy atom. The minimum absolute atomic E-state index is 0.146. The minimum atomic E-state index is -1.03. The number of carboxylic acid groups (broad SMARTS) is 1. The van der Waals surface area contributed by atoms with Gasteiger partial charge in [0, 0.05) is 30.0 Å². The lowest BCUT2D eigenvalue weighted by molar-refractivity contribution is -0.704. The average Bonchev–Trinajstić information content (AvgIpc) is 3.03. The third kappa shape index (κ3) is 4.64. The first-order valence-electron chi connectivity index (χ1n) is 7.99. The number of carbonyl (C=O) groups excluding carboxylic acids is 1. The number of H-pyrrole nitrogens is 1. The predicted molar refractivity (Wildman–Crippen MR) is 98.2 cm³/mol. The molecule has 1 aromatic heterocycles. The second-order valence-corrected chi connectivity index (χ2v) is 6.57. The van der Waals surface area contributed by atoms with E-state index in [2.05, 4.69) is 10.6 Å². The van der Waals surface area contributed by atoms with Crippen LogP contribution in [0.5, 0.6) is 0 Å². The zero-order valence-corrected chi connectivity index (χ0v) is 14.9. The fourth-order valence-corrected chi connectivity index (χ4v) is 3.21. The summed E-state index contributed by atoms with van der Waals surface area (Å²) >= 11 is 1.21. The minimum Gasteiger partial charge on any atom is -0.478 e. The van der Waals surface area contributed by atoms with Crippen LogP contribution >= 0.6 is 11.8 Å². The Labute approximate surface area is 157 Å². The molecule has 138 valence electrons. The summed E-state index contributed by atoms with van der Waals surface area (Å²) in [6.07, 6.45) is 0.171. The third-order valence-corrected chi connectivity index (χ3v) is 4.64. The summed E-state index contributed by atoms with van der Waals surface area (Å²) < 4.78 is 6.37. The topological polar surface area (TPSA) is 116 Å². The number of anilines is 1. The second kappa shape index (κ2) is 8.37. The molecule has 27 heavy (non-hydrogen) atoms. The quantitative estimate of drug-likeness (QED) is 0.423. The summed E-state index contributed by atoms with van der Waals surface area (Å²) in [4.78, 5) is 34.7. The van der Waals surface area contributed by atoms with Gasteiger partial charge in [-0.3, -0.25) is 9.32 Å². The van der Waals surface area contributed by atoms with Gasteiger partial charge in [0.05, 0.1) is 5.56 Å². The molecule has 0 saturated carbocycles. The molecule has 0 atom stereocenters. The van der Waals surface area contributed by atoms with Gasteiger partial charge in [0.25, 0.3) is 0 Å². The molecule has 0 aliphatic rings. The number of aromatic amines is 1. The molecule has 0 aliphatic carbocycles. The van der Waals surface area contributed by atoms with E-state index in [1.807, 2.05) is 30.3 Å². The first-order valence-corrected chi connectivity index (χ1v) is 8.98. The van der Waals surface area contributed by atoms with Crippen molar-refractivity contribution < 1.29 is 23.9 Å². The first kappa shape index (κ1) is 18.5. The molecule has 0 spiro atoms. The summed E-state index contributed by atoms with van der Waals surface area (Å²) in [5.41, 5.74) is 0.894. The molecular weight excluding hydrogens is 370 g/mol. The lowest BCUT2D eigenvalue weighted by Crippen LogP contribution is -2.36. The molecule has 1 amide bonds. The fraction of sp³-hybridized carbons (Fsp3) is 0.111. The number of rotatable bonds is 7. The summed E-state index contributed by atoms with van der Waals surface area (Å²) in [7, 11) is 0.